The van der Waals surface area contributed by atoms with E-state index in [2.05, 4.69) is 6.92 Å². The highest BCUT2D eigenvalue weighted by Gasteiger charge is 2.43. The van der Waals surface area contributed by atoms with E-state index in [0.717, 1.165) is 25.7 Å². The van der Waals surface area contributed by atoms with Crippen LogP contribution in [0.15, 0.2) is 0 Å². The Bertz CT molecular complexity index is 234. The standard InChI is InChI=1S/C12H21NO/c1-12(7-3-6-10(12)13)11(14)8-9-4-2-5-9/h9-10H,2-8,13H2,1H3. The molecule has 0 aromatic heterocycles. The fourth-order valence-corrected chi connectivity index (χ4v) is 2.73. The minimum atomic E-state index is -0.185. The normalized spacial score (nSPS) is 38.3. The summed E-state index contributed by atoms with van der Waals surface area (Å²) in [6.45, 7) is 2.08. The summed E-state index contributed by atoms with van der Waals surface area (Å²) in [6, 6.07) is 0.120. The van der Waals surface area contributed by atoms with Gasteiger partial charge in [0, 0.05) is 17.9 Å². The van der Waals surface area contributed by atoms with Crippen molar-refractivity contribution in [3.05, 3.63) is 0 Å². The predicted molar refractivity (Wildman–Crippen MR) is 56.9 cm³/mol. The van der Waals surface area contributed by atoms with Crippen molar-refractivity contribution in [2.45, 2.75) is 57.9 Å². The maximum atomic E-state index is 12.1. The molecule has 2 fully saturated rings. The van der Waals surface area contributed by atoms with Crippen molar-refractivity contribution >= 4 is 5.78 Å². The molecule has 0 aromatic carbocycles. The van der Waals surface area contributed by atoms with Crippen LogP contribution < -0.4 is 5.73 Å². The molecule has 2 aliphatic rings. The van der Waals surface area contributed by atoms with Crippen molar-refractivity contribution in [1.29, 1.82) is 0 Å². The molecule has 2 N–H and O–H groups in total. The van der Waals surface area contributed by atoms with Crippen LogP contribution in [0.2, 0.25) is 0 Å². The SMILES string of the molecule is CC1(C(=O)CC2CCC2)CCCC1N. The Morgan fingerprint density at radius 1 is 1.36 bits per heavy atom. The van der Waals surface area contributed by atoms with Gasteiger partial charge in [-0.3, -0.25) is 4.79 Å². The van der Waals surface area contributed by atoms with E-state index in [-0.39, 0.29) is 11.5 Å². The van der Waals surface area contributed by atoms with E-state index >= 15 is 0 Å². The van der Waals surface area contributed by atoms with Gasteiger partial charge in [0.05, 0.1) is 0 Å². The lowest BCUT2D eigenvalue weighted by atomic mass is 9.73. The third-order valence-corrected chi connectivity index (χ3v) is 4.37. The first-order chi connectivity index (χ1) is 6.63. The molecule has 0 aliphatic heterocycles. The third kappa shape index (κ3) is 1.60. The zero-order chi connectivity index (χ0) is 10.2. The van der Waals surface area contributed by atoms with Crippen molar-refractivity contribution in [3.63, 3.8) is 0 Å². The largest absolute Gasteiger partial charge is 0.327 e. The second-order valence-electron chi connectivity index (χ2n) is 5.34. The molecule has 80 valence electrons. The van der Waals surface area contributed by atoms with Crippen molar-refractivity contribution in [2.75, 3.05) is 0 Å². The minimum absolute atomic E-state index is 0.120. The molecule has 0 bridgehead atoms. The van der Waals surface area contributed by atoms with Crippen molar-refractivity contribution < 1.29 is 4.79 Å². The summed E-state index contributed by atoms with van der Waals surface area (Å²) in [5, 5.41) is 0. The van der Waals surface area contributed by atoms with Gasteiger partial charge in [0.1, 0.15) is 5.78 Å². The van der Waals surface area contributed by atoms with Crippen LogP contribution >= 0.6 is 0 Å². The smallest absolute Gasteiger partial charge is 0.140 e. The first-order valence-electron chi connectivity index (χ1n) is 5.92. The molecule has 2 aliphatic carbocycles. The van der Waals surface area contributed by atoms with E-state index in [4.69, 9.17) is 5.73 Å². The van der Waals surface area contributed by atoms with Crippen LogP contribution in [0.5, 0.6) is 0 Å². The van der Waals surface area contributed by atoms with Gasteiger partial charge in [-0.2, -0.15) is 0 Å². The minimum Gasteiger partial charge on any atom is -0.327 e. The Hall–Kier alpha value is -0.370. The molecule has 0 spiro atoms. The van der Waals surface area contributed by atoms with Gasteiger partial charge in [-0.1, -0.05) is 32.6 Å². The molecule has 2 atom stereocenters. The van der Waals surface area contributed by atoms with Gasteiger partial charge in [-0.15, -0.1) is 0 Å². The Kier molecular flexibility index (Phi) is 2.65. The molecule has 0 saturated heterocycles. The van der Waals surface area contributed by atoms with Gasteiger partial charge >= 0.3 is 0 Å². The van der Waals surface area contributed by atoms with Crippen LogP contribution in [-0.2, 0) is 4.79 Å². The van der Waals surface area contributed by atoms with Gasteiger partial charge in [-0.25, -0.2) is 0 Å². The first-order valence-corrected chi connectivity index (χ1v) is 5.92. The van der Waals surface area contributed by atoms with E-state index in [1.165, 1.54) is 19.3 Å². The quantitative estimate of drug-likeness (QED) is 0.750. The number of ketones is 1. The molecule has 0 aromatic rings. The van der Waals surface area contributed by atoms with Crippen molar-refractivity contribution in [2.24, 2.45) is 17.1 Å². The summed E-state index contributed by atoms with van der Waals surface area (Å²) in [7, 11) is 0. The zero-order valence-corrected chi connectivity index (χ0v) is 9.09. The van der Waals surface area contributed by atoms with Crippen LogP contribution in [0.4, 0.5) is 0 Å². The number of carbonyl (C=O) groups excluding carboxylic acids is 1. The van der Waals surface area contributed by atoms with Crippen molar-refractivity contribution in [1.82, 2.24) is 0 Å². The lowest BCUT2D eigenvalue weighted by Gasteiger charge is -2.32. The fourth-order valence-electron chi connectivity index (χ4n) is 2.73. The maximum Gasteiger partial charge on any atom is 0.140 e. The fraction of sp³-hybridized carbons (Fsp3) is 0.917. The second-order valence-corrected chi connectivity index (χ2v) is 5.34. The van der Waals surface area contributed by atoms with E-state index < -0.39 is 0 Å². The molecule has 2 heteroatoms. The summed E-state index contributed by atoms with van der Waals surface area (Å²) in [4.78, 5) is 12.1. The molecule has 0 amide bonds. The van der Waals surface area contributed by atoms with Crippen LogP contribution in [-0.4, -0.2) is 11.8 Å². The molecule has 2 nitrogen and oxygen atoms in total. The summed E-state index contributed by atoms with van der Waals surface area (Å²) >= 11 is 0. The number of carbonyl (C=O) groups is 1. The van der Waals surface area contributed by atoms with E-state index in [0.29, 0.717) is 11.7 Å². The van der Waals surface area contributed by atoms with Crippen LogP contribution in [0.1, 0.15) is 51.9 Å². The maximum absolute atomic E-state index is 12.1. The number of nitrogens with two attached hydrogens (primary N) is 1. The molecule has 0 radical (unpaired) electrons. The Morgan fingerprint density at radius 2 is 2.07 bits per heavy atom. The Morgan fingerprint density at radius 3 is 2.50 bits per heavy atom. The third-order valence-electron chi connectivity index (χ3n) is 4.37. The highest BCUT2D eigenvalue weighted by molar-refractivity contribution is 5.85. The number of hydrogen-bond donors (Lipinski definition) is 1. The molecule has 2 saturated carbocycles. The molecule has 2 rings (SSSR count). The average molecular weight is 195 g/mol. The van der Waals surface area contributed by atoms with Gasteiger partial charge < -0.3 is 5.73 Å². The zero-order valence-electron chi connectivity index (χ0n) is 9.09. The molecule has 0 heterocycles. The van der Waals surface area contributed by atoms with E-state index in [9.17, 15) is 4.79 Å². The molecular weight excluding hydrogens is 174 g/mol. The van der Waals surface area contributed by atoms with Gasteiger partial charge in [0.15, 0.2) is 0 Å². The number of hydrogen-bond acceptors (Lipinski definition) is 2. The Labute approximate surface area is 86.2 Å². The summed E-state index contributed by atoms with van der Waals surface area (Å²) in [6.07, 6.45) is 7.82. The number of rotatable bonds is 3. The topological polar surface area (TPSA) is 43.1 Å². The van der Waals surface area contributed by atoms with E-state index in [1.54, 1.807) is 0 Å². The lowest BCUT2D eigenvalue weighted by Crippen LogP contribution is -2.42. The van der Waals surface area contributed by atoms with Crippen LogP contribution in [0.3, 0.4) is 0 Å². The summed E-state index contributed by atoms with van der Waals surface area (Å²) in [5.41, 5.74) is 5.84. The average Bonchev–Trinajstić information content (AvgIpc) is 2.41. The lowest BCUT2D eigenvalue weighted by molar-refractivity contribution is -0.129. The Balaban J connectivity index is 1.94. The van der Waals surface area contributed by atoms with Crippen LogP contribution in [0, 0.1) is 11.3 Å². The summed E-state index contributed by atoms with van der Waals surface area (Å²) in [5.74, 6) is 1.12. The molecular formula is C12H21NO. The van der Waals surface area contributed by atoms with Crippen molar-refractivity contribution in [3.8, 4) is 0 Å². The van der Waals surface area contributed by atoms with Crippen LogP contribution in [0.25, 0.3) is 0 Å². The second kappa shape index (κ2) is 3.65. The molecule has 14 heavy (non-hydrogen) atoms. The predicted octanol–water partition coefficient (Wildman–Crippen LogP) is 2.26. The number of Topliss-reactive ketones (excluding diaryl/α,β-unsaturated/α-hetero) is 1. The monoisotopic (exact) mass is 195 g/mol. The highest BCUT2D eigenvalue weighted by Crippen LogP contribution is 2.41. The van der Waals surface area contributed by atoms with E-state index in [1.807, 2.05) is 0 Å². The summed E-state index contributed by atoms with van der Waals surface area (Å²) < 4.78 is 0. The first kappa shape index (κ1) is 10.2. The highest BCUT2D eigenvalue weighted by atomic mass is 16.1. The van der Waals surface area contributed by atoms with Gasteiger partial charge in [0.2, 0.25) is 0 Å². The van der Waals surface area contributed by atoms with Gasteiger partial charge in [-0.05, 0) is 18.8 Å². The van der Waals surface area contributed by atoms with Gasteiger partial charge in [0.25, 0.3) is 0 Å². The molecule has 2 unspecified atom stereocenters.